The summed E-state index contributed by atoms with van der Waals surface area (Å²) in [4.78, 5) is 13.4. The SMILES string of the molecule is c1cc(-c2cccc(-c3ccc4c5ccccc5c5ccccc5c4c3)c2)cc(-c2cc(-c3ccncc3)nc(-c3ccncc3)c2)c1. The Morgan fingerprint density at radius 3 is 1.12 bits per heavy atom. The van der Waals surface area contributed by atoms with E-state index in [0.29, 0.717) is 0 Å². The maximum atomic E-state index is 5.03. The van der Waals surface area contributed by atoms with E-state index in [-0.39, 0.29) is 0 Å². The summed E-state index contributed by atoms with van der Waals surface area (Å²) in [5, 5.41) is 7.72. The lowest BCUT2D eigenvalue weighted by molar-refractivity contribution is 1.27. The average molecular weight is 612 g/mol. The van der Waals surface area contributed by atoms with Crippen LogP contribution in [0.25, 0.3) is 88.2 Å². The van der Waals surface area contributed by atoms with E-state index in [4.69, 9.17) is 4.98 Å². The van der Waals surface area contributed by atoms with Crippen LogP contribution < -0.4 is 0 Å². The molecule has 0 unspecified atom stereocenters. The van der Waals surface area contributed by atoms with Crippen LogP contribution in [0.4, 0.5) is 0 Å². The molecule has 0 N–H and O–H groups in total. The fraction of sp³-hybridized carbons (Fsp3) is 0. The lowest BCUT2D eigenvalue weighted by atomic mass is 9.91. The van der Waals surface area contributed by atoms with Crippen molar-refractivity contribution in [1.29, 1.82) is 0 Å². The monoisotopic (exact) mass is 611 g/mol. The minimum absolute atomic E-state index is 0.908. The molecule has 0 spiro atoms. The molecule has 0 atom stereocenters. The third kappa shape index (κ3) is 4.99. The lowest BCUT2D eigenvalue weighted by Gasteiger charge is -2.13. The summed E-state index contributed by atoms with van der Waals surface area (Å²) in [6, 6.07) is 54.4. The molecule has 9 rings (SSSR count). The number of rotatable bonds is 5. The smallest absolute Gasteiger partial charge is 0.0716 e. The zero-order valence-corrected chi connectivity index (χ0v) is 26.1. The Bertz CT molecular complexity index is 2520. The fourth-order valence-electron chi connectivity index (χ4n) is 6.88. The second-order valence-electron chi connectivity index (χ2n) is 12.1. The predicted molar refractivity (Wildman–Crippen MR) is 200 cm³/mol. The van der Waals surface area contributed by atoms with Crippen LogP contribution in [-0.2, 0) is 0 Å². The lowest BCUT2D eigenvalue weighted by Crippen LogP contribution is -1.92. The van der Waals surface area contributed by atoms with Gasteiger partial charge in [-0.05, 0) is 120 Å². The molecule has 0 aliphatic heterocycles. The Morgan fingerprint density at radius 1 is 0.250 bits per heavy atom. The highest BCUT2D eigenvalue weighted by Gasteiger charge is 2.12. The van der Waals surface area contributed by atoms with E-state index in [1.165, 1.54) is 54.6 Å². The molecular formula is C45H29N3. The van der Waals surface area contributed by atoms with Gasteiger partial charge in [-0.2, -0.15) is 0 Å². The Hall–Kier alpha value is -6.45. The van der Waals surface area contributed by atoms with E-state index in [0.717, 1.165) is 33.6 Å². The Labute approximate surface area is 278 Å². The van der Waals surface area contributed by atoms with Crippen LogP contribution in [0.3, 0.4) is 0 Å². The van der Waals surface area contributed by atoms with Crippen molar-refractivity contribution in [3.63, 3.8) is 0 Å². The van der Waals surface area contributed by atoms with Crippen LogP contribution in [0.2, 0.25) is 0 Å². The van der Waals surface area contributed by atoms with E-state index in [9.17, 15) is 0 Å². The fourth-order valence-corrected chi connectivity index (χ4v) is 6.88. The summed E-state index contributed by atoms with van der Waals surface area (Å²) in [6.07, 6.45) is 7.24. The molecule has 0 saturated carbocycles. The Morgan fingerprint density at radius 2 is 0.646 bits per heavy atom. The summed E-state index contributed by atoms with van der Waals surface area (Å²) in [7, 11) is 0. The standard InChI is InChI=1S/C45H29N3/c1-2-13-40-38(11-1)39-12-3-4-14-41(39)43-27-36(15-16-42(40)43)34-9-5-7-32(25-34)33-8-6-10-35(26-33)37-28-44(30-17-21-46-22-18-30)48-45(29-37)31-19-23-47-24-20-31/h1-29H. The van der Waals surface area contributed by atoms with Crippen molar-refractivity contribution in [2.24, 2.45) is 0 Å². The van der Waals surface area contributed by atoms with Crippen molar-refractivity contribution >= 4 is 32.3 Å². The largest absolute Gasteiger partial charge is 0.265 e. The van der Waals surface area contributed by atoms with Crippen LogP contribution in [0.1, 0.15) is 0 Å². The first-order chi connectivity index (χ1) is 23.8. The minimum atomic E-state index is 0.908. The van der Waals surface area contributed by atoms with E-state index < -0.39 is 0 Å². The van der Waals surface area contributed by atoms with Gasteiger partial charge in [-0.15, -0.1) is 0 Å². The molecule has 0 amide bonds. The van der Waals surface area contributed by atoms with Gasteiger partial charge >= 0.3 is 0 Å². The third-order valence-corrected chi connectivity index (χ3v) is 9.25. The molecular weight excluding hydrogens is 583 g/mol. The summed E-state index contributed by atoms with van der Waals surface area (Å²) in [6.45, 7) is 0. The number of benzene rings is 6. The molecule has 3 aromatic heterocycles. The summed E-state index contributed by atoms with van der Waals surface area (Å²) < 4.78 is 0. The molecule has 0 radical (unpaired) electrons. The van der Waals surface area contributed by atoms with Gasteiger partial charge in [0.1, 0.15) is 0 Å². The normalized spacial score (nSPS) is 11.3. The maximum Gasteiger partial charge on any atom is 0.0716 e. The molecule has 224 valence electrons. The van der Waals surface area contributed by atoms with Gasteiger partial charge < -0.3 is 0 Å². The number of hydrogen-bond acceptors (Lipinski definition) is 3. The van der Waals surface area contributed by atoms with Crippen LogP contribution in [0, 0.1) is 0 Å². The minimum Gasteiger partial charge on any atom is -0.265 e. The number of nitrogens with zero attached hydrogens (tertiary/aromatic N) is 3. The number of hydrogen-bond donors (Lipinski definition) is 0. The summed E-state index contributed by atoms with van der Waals surface area (Å²) in [5.74, 6) is 0. The van der Waals surface area contributed by atoms with Gasteiger partial charge in [-0.25, -0.2) is 4.98 Å². The van der Waals surface area contributed by atoms with E-state index >= 15 is 0 Å². The summed E-state index contributed by atoms with van der Waals surface area (Å²) in [5.41, 5.74) is 10.9. The van der Waals surface area contributed by atoms with Crippen LogP contribution >= 0.6 is 0 Å². The van der Waals surface area contributed by atoms with Gasteiger partial charge in [0, 0.05) is 35.9 Å². The van der Waals surface area contributed by atoms with Crippen molar-refractivity contribution in [2.75, 3.05) is 0 Å². The van der Waals surface area contributed by atoms with Gasteiger partial charge in [-0.1, -0.05) is 97.1 Å². The topological polar surface area (TPSA) is 38.7 Å². The zero-order chi connectivity index (χ0) is 31.9. The van der Waals surface area contributed by atoms with Crippen molar-refractivity contribution < 1.29 is 0 Å². The third-order valence-electron chi connectivity index (χ3n) is 9.25. The Balaban J connectivity index is 1.14. The molecule has 6 aromatic carbocycles. The molecule has 0 saturated heterocycles. The molecule has 3 nitrogen and oxygen atoms in total. The number of aromatic nitrogens is 3. The maximum absolute atomic E-state index is 5.03. The first-order valence-electron chi connectivity index (χ1n) is 16.2. The van der Waals surface area contributed by atoms with Gasteiger partial charge in [0.05, 0.1) is 11.4 Å². The zero-order valence-electron chi connectivity index (χ0n) is 26.1. The highest BCUT2D eigenvalue weighted by atomic mass is 14.7. The second-order valence-corrected chi connectivity index (χ2v) is 12.1. The van der Waals surface area contributed by atoms with E-state index in [1.807, 2.05) is 49.1 Å². The highest BCUT2D eigenvalue weighted by molar-refractivity contribution is 6.25. The van der Waals surface area contributed by atoms with Gasteiger partial charge in [0.15, 0.2) is 0 Å². The van der Waals surface area contributed by atoms with Crippen molar-refractivity contribution in [2.45, 2.75) is 0 Å². The van der Waals surface area contributed by atoms with E-state index in [1.54, 1.807) is 0 Å². The second kappa shape index (κ2) is 11.7. The molecule has 0 fully saturated rings. The van der Waals surface area contributed by atoms with E-state index in [2.05, 4.69) is 137 Å². The molecule has 3 heterocycles. The Kier molecular flexibility index (Phi) is 6.80. The van der Waals surface area contributed by atoms with Crippen LogP contribution in [-0.4, -0.2) is 15.0 Å². The van der Waals surface area contributed by atoms with Gasteiger partial charge in [0.2, 0.25) is 0 Å². The van der Waals surface area contributed by atoms with Crippen molar-refractivity contribution in [3.8, 4) is 55.9 Å². The summed E-state index contributed by atoms with van der Waals surface area (Å²) >= 11 is 0. The number of pyridine rings is 3. The molecule has 9 aromatic rings. The average Bonchev–Trinajstić information content (AvgIpc) is 3.18. The predicted octanol–water partition coefficient (Wildman–Crippen LogP) is 11.7. The molecule has 48 heavy (non-hydrogen) atoms. The number of fused-ring (bicyclic) bond motifs is 6. The van der Waals surface area contributed by atoms with Crippen molar-refractivity contribution in [3.05, 3.63) is 176 Å². The van der Waals surface area contributed by atoms with Gasteiger partial charge in [-0.3, -0.25) is 9.97 Å². The first-order valence-corrected chi connectivity index (χ1v) is 16.2. The highest BCUT2D eigenvalue weighted by Crippen LogP contribution is 2.38. The molecule has 3 heteroatoms. The van der Waals surface area contributed by atoms with Gasteiger partial charge in [0.25, 0.3) is 0 Å². The molecule has 0 aliphatic rings. The quantitative estimate of drug-likeness (QED) is 0.182. The van der Waals surface area contributed by atoms with Crippen molar-refractivity contribution in [1.82, 2.24) is 15.0 Å². The molecule has 0 bridgehead atoms. The van der Waals surface area contributed by atoms with Crippen LogP contribution in [0.5, 0.6) is 0 Å². The molecule has 0 aliphatic carbocycles. The van der Waals surface area contributed by atoms with Crippen LogP contribution in [0.15, 0.2) is 176 Å². The first kappa shape index (κ1) is 27.8.